The maximum atomic E-state index is 11.7. The number of carbonyl (C=O) groups is 2. The summed E-state index contributed by atoms with van der Waals surface area (Å²) in [4.78, 5) is 22.8. The highest BCUT2D eigenvalue weighted by atomic mass is 32.2. The Kier molecular flexibility index (Phi) is 4.77. The Bertz CT molecular complexity index is 646. The van der Waals surface area contributed by atoms with Crippen LogP contribution in [0.2, 0.25) is 0 Å². The summed E-state index contributed by atoms with van der Waals surface area (Å²) in [5, 5.41) is 14.7. The lowest BCUT2D eigenvalue weighted by Crippen LogP contribution is -2.36. The number of carbonyl (C=O) groups excluding carboxylic acids is 1. The van der Waals surface area contributed by atoms with Gasteiger partial charge in [0.05, 0.1) is 17.1 Å². The average molecular weight is 317 g/mol. The van der Waals surface area contributed by atoms with Crippen LogP contribution in [0, 0.1) is 0 Å². The van der Waals surface area contributed by atoms with E-state index in [1.807, 2.05) is 0 Å². The van der Waals surface area contributed by atoms with Crippen LogP contribution in [-0.4, -0.2) is 46.2 Å². The molecule has 0 aliphatic carbocycles. The predicted octanol–water partition coefficient (Wildman–Crippen LogP) is 0.465. The largest absolute Gasteiger partial charge is 0.479 e. The van der Waals surface area contributed by atoms with Crippen molar-refractivity contribution in [3.8, 4) is 0 Å². The number of nitrogens with zero attached hydrogens (tertiary/aromatic N) is 2. The second-order valence-electron chi connectivity index (χ2n) is 5.44. The molecule has 0 fully saturated rings. The van der Waals surface area contributed by atoms with Crippen LogP contribution < -0.4 is 5.32 Å². The van der Waals surface area contributed by atoms with E-state index in [1.165, 1.54) is 44.8 Å². The molecule has 118 valence electrons. The second kappa shape index (κ2) is 5.84. The Morgan fingerprint density at radius 2 is 2.00 bits per heavy atom. The van der Waals surface area contributed by atoms with Gasteiger partial charge in [-0.15, -0.1) is 0 Å². The first kappa shape index (κ1) is 17.2. The molecule has 1 rings (SSSR count). The molecule has 2 N–H and O–H groups in total. The van der Waals surface area contributed by atoms with Crippen LogP contribution in [0.4, 0.5) is 5.69 Å². The van der Waals surface area contributed by atoms with Crippen molar-refractivity contribution in [3.05, 3.63) is 12.4 Å². The highest BCUT2D eigenvalue weighted by Gasteiger charge is 2.30. The molecule has 0 bridgehead atoms. The van der Waals surface area contributed by atoms with Crippen molar-refractivity contribution in [2.75, 3.05) is 11.1 Å². The number of nitrogens with one attached hydrogen (secondary N) is 1. The van der Waals surface area contributed by atoms with Gasteiger partial charge < -0.3 is 10.4 Å². The first-order valence-corrected chi connectivity index (χ1v) is 7.98. The molecule has 0 saturated carbocycles. The Hall–Kier alpha value is -1.90. The first-order valence-electron chi connectivity index (χ1n) is 6.27. The topological polar surface area (TPSA) is 118 Å². The first-order chi connectivity index (χ1) is 9.46. The number of carboxylic acid groups (broad SMARTS) is 1. The fraction of sp³-hybridized carbons (Fsp3) is 0.583. The molecule has 0 saturated heterocycles. The van der Waals surface area contributed by atoms with Crippen LogP contribution in [0.5, 0.6) is 0 Å². The van der Waals surface area contributed by atoms with E-state index in [1.54, 1.807) is 0 Å². The van der Waals surface area contributed by atoms with Gasteiger partial charge in [-0.3, -0.25) is 9.48 Å². The van der Waals surface area contributed by atoms with Crippen molar-refractivity contribution in [1.82, 2.24) is 9.78 Å². The summed E-state index contributed by atoms with van der Waals surface area (Å²) in [5.41, 5.74) is -1.03. The summed E-state index contributed by atoms with van der Waals surface area (Å²) in [6, 6.07) is 0. The van der Waals surface area contributed by atoms with Gasteiger partial charge in [-0.2, -0.15) is 5.10 Å². The zero-order chi connectivity index (χ0) is 16.4. The Balaban J connectivity index is 2.81. The molecule has 21 heavy (non-hydrogen) atoms. The minimum Gasteiger partial charge on any atom is -0.479 e. The van der Waals surface area contributed by atoms with Gasteiger partial charge >= 0.3 is 5.97 Å². The molecule has 1 amide bonds. The normalized spacial score (nSPS) is 12.4. The zero-order valence-corrected chi connectivity index (χ0v) is 13.1. The van der Waals surface area contributed by atoms with E-state index in [0.717, 1.165) is 0 Å². The standard InChI is InChI=1S/C12H19N3O5S/c1-8(2)21(19,20)7-10(16)14-9-5-13-15(6-9)12(3,4)11(17)18/h5-6,8H,7H2,1-4H3,(H,14,16)(H,17,18). The van der Waals surface area contributed by atoms with E-state index in [4.69, 9.17) is 5.11 Å². The van der Waals surface area contributed by atoms with E-state index in [-0.39, 0.29) is 5.69 Å². The molecule has 0 radical (unpaired) electrons. The lowest BCUT2D eigenvalue weighted by molar-refractivity contribution is -0.146. The van der Waals surface area contributed by atoms with Gasteiger partial charge in [-0.25, -0.2) is 13.2 Å². The zero-order valence-electron chi connectivity index (χ0n) is 12.3. The maximum absolute atomic E-state index is 11.7. The highest BCUT2D eigenvalue weighted by Crippen LogP contribution is 2.17. The van der Waals surface area contributed by atoms with Crippen LogP contribution in [0.3, 0.4) is 0 Å². The third-order valence-electron chi connectivity index (χ3n) is 3.01. The number of amides is 1. The molecule has 8 nitrogen and oxygen atoms in total. The van der Waals surface area contributed by atoms with Crippen molar-refractivity contribution in [3.63, 3.8) is 0 Å². The number of carboxylic acids is 1. The third-order valence-corrected chi connectivity index (χ3v) is 5.11. The maximum Gasteiger partial charge on any atom is 0.331 e. The summed E-state index contributed by atoms with van der Waals surface area (Å²) in [6.07, 6.45) is 2.61. The molecule has 0 aliphatic rings. The van der Waals surface area contributed by atoms with Crippen molar-refractivity contribution in [2.45, 2.75) is 38.5 Å². The van der Waals surface area contributed by atoms with Crippen molar-refractivity contribution in [2.24, 2.45) is 0 Å². The minimum atomic E-state index is -3.49. The van der Waals surface area contributed by atoms with Crippen molar-refractivity contribution < 1.29 is 23.1 Å². The van der Waals surface area contributed by atoms with Gasteiger partial charge in [0, 0.05) is 6.20 Å². The quantitative estimate of drug-likeness (QED) is 0.787. The SMILES string of the molecule is CC(C)S(=O)(=O)CC(=O)Nc1cnn(C(C)(C)C(=O)O)c1. The van der Waals surface area contributed by atoms with Gasteiger partial charge in [-0.1, -0.05) is 0 Å². The molecule has 1 heterocycles. The van der Waals surface area contributed by atoms with Gasteiger partial charge in [0.1, 0.15) is 5.75 Å². The van der Waals surface area contributed by atoms with Crippen LogP contribution in [0.15, 0.2) is 12.4 Å². The fourth-order valence-electron chi connectivity index (χ4n) is 1.34. The minimum absolute atomic E-state index is 0.244. The average Bonchev–Trinajstić information content (AvgIpc) is 2.76. The summed E-state index contributed by atoms with van der Waals surface area (Å²) >= 11 is 0. The number of sulfone groups is 1. The third kappa shape index (κ3) is 4.03. The van der Waals surface area contributed by atoms with Gasteiger partial charge in [0.25, 0.3) is 0 Å². The molecular formula is C12H19N3O5S. The number of aliphatic carboxylic acids is 1. The summed E-state index contributed by atoms with van der Waals surface area (Å²) in [6.45, 7) is 5.90. The van der Waals surface area contributed by atoms with E-state index in [0.29, 0.717) is 0 Å². The molecule has 0 aliphatic heterocycles. The molecule has 0 aromatic carbocycles. The van der Waals surface area contributed by atoms with Crippen LogP contribution in [-0.2, 0) is 25.0 Å². The fourth-order valence-corrected chi connectivity index (χ4v) is 2.11. The van der Waals surface area contributed by atoms with Gasteiger partial charge in [0.2, 0.25) is 5.91 Å². The highest BCUT2D eigenvalue weighted by molar-refractivity contribution is 7.92. The summed E-state index contributed by atoms with van der Waals surface area (Å²) < 4.78 is 24.4. The molecule has 0 atom stereocenters. The molecule has 9 heteroatoms. The molecule has 0 spiro atoms. The van der Waals surface area contributed by atoms with E-state index in [2.05, 4.69) is 10.4 Å². The van der Waals surface area contributed by atoms with Gasteiger partial charge in [-0.05, 0) is 27.7 Å². The number of hydrogen-bond donors (Lipinski definition) is 2. The number of anilines is 1. The van der Waals surface area contributed by atoms with Gasteiger partial charge in [0.15, 0.2) is 15.4 Å². The Morgan fingerprint density at radius 3 is 2.48 bits per heavy atom. The van der Waals surface area contributed by atoms with E-state index in [9.17, 15) is 18.0 Å². The molecular weight excluding hydrogens is 298 g/mol. The predicted molar refractivity (Wildman–Crippen MR) is 76.7 cm³/mol. The number of hydrogen-bond acceptors (Lipinski definition) is 5. The van der Waals surface area contributed by atoms with Crippen LogP contribution in [0.1, 0.15) is 27.7 Å². The Labute approximate surface area is 123 Å². The second-order valence-corrected chi connectivity index (χ2v) is 8.00. The molecule has 1 aromatic rings. The molecule has 1 aromatic heterocycles. The van der Waals surface area contributed by atoms with Crippen molar-refractivity contribution >= 4 is 27.4 Å². The smallest absolute Gasteiger partial charge is 0.331 e. The number of aromatic nitrogens is 2. The number of rotatable bonds is 6. The van der Waals surface area contributed by atoms with E-state index >= 15 is 0 Å². The summed E-state index contributed by atoms with van der Waals surface area (Å²) in [5.74, 6) is -2.39. The van der Waals surface area contributed by atoms with Crippen LogP contribution in [0.25, 0.3) is 0 Å². The molecule has 0 unspecified atom stereocenters. The van der Waals surface area contributed by atoms with E-state index < -0.39 is 38.3 Å². The lowest BCUT2D eigenvalue weighted by atomic mass is 10.1. The Morgan fingerprint density at radius 1 is 1.43 bits per heavy atom. The van der Waals surface area contributed by atoms with Crippen LogP contribution >= 0.6 is 0 Å². The lowest BCUT2D eigenvalue weighted by Gasteiger charge is -2.19. The monoisotopic (exact) mass is 317 g/mol. The summed E-state index contributed by atoms with van der Waals surface area (Å²) in [7, 11) is -3.49. The van der Waals surface area contributed by atoms with Crippen molar-refractivity contribution in [1.29, 1.82) is 0 Å².